The molecule has 1 atom stereocenters. The summed E-state index contributed by atoms with van der Waals surface area (Å²) in [6.07, 6.45) is 10.2. The van der Waals surface area contributed by atoms with Crippen molar-refractivity contribution in [2.24, 2.45) is 0 Å². The lowest BCUT2D eigenvalue weighted by molar-refractivity contribution is 0.611. The number of hydrogen-bond acceptors (Lipinski definition) is 1. The highest BCUT2D eigenvalue weighted by atomic mass is 32.1. The lowest BCUT2D eigenvalue weighted by Gasteiger charge is -2.19. The van der Waals surface area contributed by atoms with E-state index in [4.69, 9.17) is 0 Å². The van der Waals surface area contributed by atoms with Gasteiger partial charge in [0.1, 0.15) is 0 Å². The minimum absolute atomic E-state index is 0.645. The van der Waals surface area contributed by atoms with Gasteiger partial charge >= 0.3 is 0 Å². The highest BCUT2D eigenvalue weighted by molar-refractivity contribution is 7.80. The lowest BCUT2D eigenvalue weighted by atomic mass is 9.93. The van der Waals surface area contributed by atoms with Crippen molar-refractivity contribution in [3.8, 4) is 0 Å². The standard InChI is InChI=1S/C10H18S/c1-2-3-5-9-6-4-7-10(11)8-9/h5,10-11H,2-4,6-8H2,1H3/b9-5-. The van der Waals surface area contributed by atoms with E-state index in [0.717, 1.165) is 0 Å². The van der Waals surface area contributed by atoms with Crippen LogP contribution in [0.2, 0.25) is 0 Å². The first-order chi connectivity index (χ1) is 5.33. The van der Waals surface area contributed by atoms with Crippen LogP contribution in [0.25, 0.3) is 0 Å². The molecular formula is C10H18S. The van der Waals surface area contributed by atoms with Gasteiger partial charge in [0.05, 0.1) is 0 Å². The molecule has 1 fully saturated rings. The van der Waals surface area contributed by atoms with Crippen LogP contribution in [0.15, 0.2) is 11.6 Å². The topological polar surface area (TPSA) is 0 Å². The second kappa shape index (κ2) is 4.87. The van der Waals surface area contributed by atoms with Crippen LogP contribution in [0.3, 0.4) is 0 Å². The maximum Gasteiger partial charge on any atom is 0.00540 e. The van der Waals surface area contributed by atoms with Crippen LogP contribution in [0.1, 0.15) is 45.4 Å². The molecule has 0 N–H and O–H groups in total. The van der Waals surface area contributed by atoms with Crippen LogP contribution in [-0.2, 0) is 0 Å². The first kappa shape index (κ1) is 9.18. The molecule has 0 aromatic heterocycles. The quantitative estimate of drug-likeness (QED) is 0.475. The molecule has 1 aliphatic rings. The Bertz CT molecular complexity index is 138. The van der Waals surface area contributed by atoms with Crippen molar-refractivity contribution < 1.29 is 0 Å². The summed E-state index contributed by atoms with van der Waals surface area (Å²) >= 11 is 4.50. The summed E-state index contributed by atoms with van der Waals surface area (Å²) in [6, 6.07) is 0. The molecule has 0 spiro atoms. The van der Waals surface area contributed by atoms with Gasteiger partial charge in [0.2, 0.25) is 0 Å². The molecule has 0 radical (unpaired) electrons. The minimum Gasteiger partial charge on any atom is -0.176 e. The third-order valence-corrected chi connectivity index (χ3v) is 2.70. The molecule has 0 heterocycles. The molecule has 1 heteroatoms. The number of hydrogen-bond donors (Lipinski definition) is 1. The number of unbranched alkanes of at least 4 members (excludes halogenated alkanes) is 1. The maximum absolute atomic E-state index is 4.50. The third kappa shape index (κ3) is 3.33. The van der Waals surface area contributed by atoms with E-state index < -0.39 is 0 Å². The Morgan fingerprint density at radius 2 is 2.45 bits per heavy atom. The normalized spacial score (nSPS) is 29.3. The van der Waals surface area contributed by atoms with E-state index in [1.807, 2.05) is 0 Å². The summed E-state index contributed by atoms with van der Waals surface area (Å²) in [4.78, 5) is 0. The van der Waals surface area contributed by atoms with Crippen molar-refractivity contribution in [1.82, 2.24) is 0 Å². The van der Waals surface area contributed by atoms with Crippen molar-refractivity contribution in [1.29, 1.82) is 0 Å². The van der Waals surface area contributed by atoms with Gasteiger partial charge in [-0.1, -0.05) is 25.0 Å². The SMILES string of the molecule is CCC/C=C1/CCCC(S)C1. The summed E-state index contributed by atoms with van der Waals surface area (Å²) in [5.41, 5.74) is 1.65. The number of thiol groups is 1. The largest absolute Gasteiger partial charge is 0.176 e. The molecule has 0 bridgehead atoms. The van der Waals surface area contributed by atoms with Gasteiger partial charge in [0, 0.05) is 5.25 Å². The van der Waals surface area contributed by atoms with Crippen LogP contribution in [0, 0.1) is 0 Å². The van der Waals surface area contributed by atoms with Crippen molar-refractivity contribution in [3.63, 3.8) is 0 Å². The van der Waals surface area contributed by atoms with Gasteiger partial charge in [-0.25, -0.2) is 0 Å². The second-order valence-electron chi connectivity index (χ2n) is 3.40. The monoisotopic (exact) mass is 170 g/mol. The lowest BCUT2D eigenvalue weighted by Crippen LogP contribution is -2.07. The van der Waals surface area contributed by atoms with E-state index in [9.17, 15) is 0 Å². The fraction of sp³-hybridized carbons (Fsp3) is 0.800. The number of allylic oxidation sites excluding steroid dienone is 2. The van der Waals surface area contributed by atoms with E-state index in [-0.39, 0.29) is 0 Å². The van der Waals surface area contributed by atoms with Gasteiger partial charge in [0.15, 0.2) is 0 Å². The van der Waals surface area contributed by atoms with Crippen molar-refractivity contribution in [2.45, 2.75) is 50.7 Å². The summed E-state index contributed by atoms with van der Waals surface area (Å²) < 4.78 is 0. The molecule has 0 nitrogen and oxygen atoms in total. The zero-order valence-electron chi connectivity index (χ0n) is 7.34. The zero-order chi connectivity index (χ0) is 8.10. The Hall–Kier alpha value is 0.0900. The smallest absolute Gasteiger partial charge is 0.00540 e. The average molecular weight is 170 g/mol. The van der Waals surface area contributed by atoms with Crippen molar-refractivity contribution in [3.05, 3.63) is 11.6 Å². The molecule has 11 heavy (non-hydrogen) atoms. The average Bonchev–Trinajstić information content (AvgIpc) is 2.01. The Kier molecular flexibility index (Phi) is 4.06. The van der Waals surface area contributed by atoms with Gasteiger partial charge in [-0.05, 0) is 32.1 Å². The Morgan fingerprint density at radius 1 is 1.64 bits per heavy atom. The Labute approximate surface area is 75.5 Å². The van der Waals surface area contributed by atoms with Gasteiger partial charge in [0.25, 0.3) is 0 Å². The van der Waals surface area contributed by atoms with E-state index in [2.05, 4.69) is 25.6 Å². The highest BCUT2D eigenvalue weighted by Gasteiger charge is 2.12. The third-order valence-electron chi connectivity index (χ3n) is 2.25. The van der Waals surface area contributed by atoms with Crippen LogP contribution in [0.5, 0.6) is 0 Å². The molecular weight excluding hydrogens is 152 g/mol. The molecule has 0 aromatic rings. The zero-order valence-corrected chi connectivity index (χ0v) is 8.24. The fourth-order valence-electron chi connectivity index (χ4n) is 1.61. The molecule has 64 valence electrons. The second-order valence-corrected chi connectivity index (χ2v) is 4.13. The van der Waals surface area contributed by atoms with Crippen LogP contribution < -0.4 is 0 Å². The van der Waals surface area contributed by atoms with E-state index in [0.29, 0.717) is 5.25 Å². The predicted octanol–water partition coefficient (Wildman–Crippen LogP) is 3.59. The van der Waals surface area contributed by atoms with Gasteiger partial charge in [-0.15, -0.1) is 0 Å². The Balaban J connectivity index is 2.32. The molecule has 0 aromatic carbocycles. The first-order valence-corrected chi connectivity index (χ1v) is 5.20. The van der Waals surface area contributed by atoms with Gasteiger partial charge < -0.3 is 0 Å². The minimum atomic E-state index is 0.645. The van der Waals surface area contributed by atoms with Crippen LogP contribution in [0.4, 0.5) is 0 Å². The molecule has 0 amide bonds. The molecule has 0 saturated heterocycles. The highest BCUT2D eigenvalue weighted by Crippen LogP contribution is 2.27. The molecule has 1 rings (SSSR count). The van der Waals surface area contributed by atoms with E-state index in [1.54, 1.807) is 5.57 Å². The number of rotatable bonds is 2. The van der Waals surface area contributed by atoms with Crippen molar-refractivity contribution in [2.75, 3.05) is 0 Å². The van der Waals surface area contributed by atoms with Crippen LogP contribution >= 0.6 is 12.6 Å². The summed E-state index contributed by atoms with van der Waals surface area (Å²) in [6.45, 7) is 2.23. The predicted molar refractivity (Wildman–Crippen MR) is 54.2 cm³/mol. The molecule has 0 aliphatic heterocycles. The fourth-order valence-corrected chi connectivity index (χ4v) is 2.02. The molecule has 1 aliphatic carbocycles. The summed E-state index contributed by atoms with van der Waals surface area (Å²) in [5.74, 6) is 0. The molecule has 1 unspecified atom stereocenters. The van der Waals surface area contributed by atoms with E-state index in [1.165, 1.54) is 38.5 Å². The van der Waals surface area contributed by atoms with Crippen LogP contribution in [-0.4, -0.2) is 5.25 Å². The summed E-state index contributed by atoms with van der Waals surface area (Å²) in [5, 5.41) is 0.645. The maximum atomic E-state index is 4.50. The Morgan fingerprint density at radius 3 is 3.09 bits per heavy atom. The van der Waals surface area contributed by atoms with Gasteiger partial charge in [-0.3, -0.25) is 0 Å². The van der Waals surface area contributed by atoms with E-state index >= 15 is 0 Å². The van der Waals surface area contributed by atoms with Crippen molar-refractivity contribution >= 4 is 12.6 Å². The molecule has 1 saturated carbocycles. The van der Waals surface area contributed by atoms with Gasteiger partial charge in [-0.2, -0.15) is 12.6 Å². The first-order valence-electron chi connectivity index (χ1n) is 4.69. The summed E-state index contributed by atoms with van der Waals surface area (Å²) in [7, 11) is 0.